The lowest BCUT2D eigenvalue weighted by atomic mass is 9.93. The summed E-state index contributed by atoms with van der Waals surface area (Å²) in [6.45, 7) is 4.50. The van der Waals surface area contributed by atoms with Gasteiger partial charge in [-0.2, -0.15) is 0 Å². The Kier molecular flexibility index (Phi) is 7.03. The standard InChI is InChI=1S/C21H28N2O5/c1-2-28-21(26)17-5-3-4-6-18(17)22-19(24)15-7-11-23(12-8-15)20(25)16-9-13-27-14-10-16/h3-6,15-16H,2,7-14H2,1H3,(H,22,24). The summed E-state index contributed by atoms with van der Waals surface area (Å²) in [5.41, 5.74) is 0.816. The number of rotatable bonds is 5. The first kappa shape index (κ1) is 20.3. The molecule has 2 aliphatic rings. The van der Waals surface area contributed by atoms with E-state index in [9.17, 15) is 14.4 Å². The van der Waals surface area contributed by atoms with Crippen molar-refractivity contribution in [1.82, 2.24) is 4.90 Å². The minimum atomic E-state index is -0.449. The molecule has 2 amide bonds. The zero-order chi connectivity index (χ0) is 19.9. The third-order valence-corrected chi connectivity index (χ3v) is 5.43. The SMILES string of the molecule is CCOC(=O)c1ccccc1NC(=O)C1CCN(C(=O)C2CCOCC2)CC1. The molecule has 1 aromatic carbocycles. The molecule has 0 aromatic heterocycles. The minimum absolute atomic E-state index is 0.0515. The van der Waals surface area contributed by atoms with Crippen molar-refractivity contribution in [2.45, 2.75) is 32.6 Å². The van der Waals surface area contributed by atoms with Gasteiger partial charge in [0.25, 0.3) is 0 Å². The molecule has 1 aromatic rings. The molecule has 0 unspecified atom stereocenters. The normalized spacial score (nSPS) is 18.5. The third kappa shape index (κ3) is 4.90. The van der Waals surface area contributed by atoms with E-state index in [1.807, 2.05) is 4.90 Å². The van der Waals surface area contributed by atoms with Crippen LogP contribution >= 0.6 is 0 Å². The van der Waals surface area contributed by atoms with Gasteiger partial charge in [0.05, 0.1) is 17.9 Å². The number of esters is 1. The van der Waals surface area contributed by atoms with E-state index in [4.69, 9.17) is 9.47 Å². The Balaban J connectivity index is 1.54. The van der Waals surface area contributed by atoms with Gasteiger partial charge in [-0.3, -0.25) is 9.59 Å². The molecule has 0 spiro atoms. The largest absolute Gasteiger partial charge is 0.462 e. The molecule has 152 valence electrons. The molecule has 0 saturated carbocycles. The Morgan fingerprint density at radius 1 is 1.07 bits per heavy atom. The minimum Gasteiger partial charge on any atom is -0.462 e. The van der Waals surface area contributed by atoms with Gasteiger partial charge >= 0.3 is 5.97 Å². The Morgan fingerprint density at radius 3 is 2.43 bits per heavy atom. The Labute approximate surface area is 165 Å². The molecule has 28 heavy (non-hydrogen) atoms. The van der Waals surface area contributed by atoms with Crippen LogP contribution in [0.5, 0.6) is 0 Å². The Bertz CT molecular complexity index is 707. The second-order valence-electron chi connectivity index (χ2n) is 7.24. The molecule has 0 radical (unpaired) electrons. The number of ether oxygens (including phenoxy) is 2. The van der Waals surface area contributed by atoms with Crippen molar-refractivity contribution in [1.29, 1.82) is 0 Å². The molecule has 0 bridgehead atoms. The van der Waals surface area contributed by atoms with E-state index in [1.165, 1.54) is 0 Å². The fourth-order valence-electron chi connectivity index (χ4n) is 3.78. The second-order valence-corrected chi connectivity index (χ2v) is 7.24. The summed E-state index contributed by atoms with van der Waals surface area (Å²) in [6.07, 6.45) is 2.82. The van der Waals surface area contributed by atoms with Crippen molar-refractivity contribution in [3.8, 4) is 0 Å². The first-order valence-electron chi connectivity index (χ1n) is 10.0. The van der Waals surface area contributed by atoms with Crippen LogP contribution in [0.3, 0.4) is 0 Å². The molecule has 2 fully saturated rings. The van der Waals surface area contributed by atoms with Crippen molar-refractivity contribution >= 4 is 23.5 Å². The smallest absolute Gasteiger partial charge is 0.340 e. The molecule has 0 aliphatic carbocycles. The first-order valence-corrected chi connectivity index (χ1v) is 10.0. The van der Waals surface area contributed by atoms with Crippen LogP contribution in [-0.4, -0.2) is 55.6 Å². The van der Waals surface area contributed by atoms with E-state index in [-0.39, 0.29) is 30.3 Å². The average Bonchev–Trinajstić information content (AvgIpc) is 2.74. The Hall–Kier alpha value is -2.41. The van der Waals surface area contributed by atoms with Gasteiger partial charge in [-0.25, -0.2) is 4.79 Å². The van der Waals surface area contributed by atoms with E-state index >= 15 is 0 Å². The highest BCUT2D eigenvalue weighted by Crippen LogP contribution is 2.25. The molecule has 2 saturated heterocycles. The summed E-state index contributed by atoms with van der Waals surface area (Å²) in [5.74, 6) is -0.496. The maximum Gasteiger partial charge on any atom is 0.340 e. The number of hydrogen-bond donors (Lipinski definition) is 1. The highest BCUT2D eigenvalue weighted by atomic mass is 16.5. The number of likely N-dealkylation sites (tertiary alicyclic amines) is 1. The number of anilines is 1. The predicted octanol–water partition coefficient (Wildman–Crippen LogP) is 2.47. The molecular weight excluding hydrogens is 360 g/mol. The fourth-order valence-corrected chi connectivity index (χ4v) is 3.78. The number of nitrogens with one attached hydrogen (secondary N) is 1. The van der Waals surface area contributed by atoms with Crippen LogP contribution in [0.25, 0.3) is 0 Å². The molecule has 1 N–H and O–H groups in total. The molecule has 7 nitrogen and oxygen atoms in total. The number of piperidine rings is 1. The van der Waals surface area contributed by atoms with E-state index in [1.54, 1.807) is 31.2 Å². The van der Waals surface area contributed by atoms with Crippen LogP contribution in [0.2, 0.25) is 0 Å². The second kappa shape index (κ2) is 9.68. The molecule has 2 heterocycles. The quantitative estimate of drug-likeness (QED) is 0.784. The summed E-state index contributed by atoms with van der Waals surface area (Å²) in [5, 5.41) is 2.87. The van der Waals surface area contributed by atoms with Gasteiger partial charge < -0.3 is 19.7 Å². The van der Waals surface area contributed by atoms with Crippen LogP contribution in [0.4, 0.5) is 5.69 Å². The van der Waals surface area contributed by atoms with Gasteiger partial charge in [0.2, 0.25) is 11.8 Å². The van der Waals surface area contributed by atoms with Gasteiger partial charge in [-0.05, 0) is 44.7 Å². The van der Waals surface area contributed by atoms with Gasteiger partial charge in [0, 0.05) is 38.1 Å². The highest BCUT2D eigenvalue weighted by Gasteiger charge is 2.31. The van der Waals surface area contributed by atoms with Crippen LogP contribution in [-0.2, 0) is 19.1 Å². The average molecular weight is 388 g/mol. The lowest BCUT2D eigenvalue weighted by Crippen LogP contribution is -2.45. The van der Waals surface area contributed by atoms with E-state index in [2.05, 4.69) is 5.32 Å². The van der Waals surface area contributed by atoms with Crippen molar-refractivity contribution in [2.75, 3.05) is 38.2 Å². The number of para-hydroxylation sites is 1. The summed E-state index contributed by atoms with van der Waals surface area (Å²) in [7, 11) is 0. The monoisotopic (exact) mass is 388 g/mol. The number of hydrogen-bond acceptors (Lipinski definition) is 5. The van der Waals surface area contributed by atoms with Gasteiger partial charge in [-0.1, -0.05) is 12.1 Å². The number of nitrogens with zero attached hydrogens (tertiary/aromatic N) is 1. The third-order valence-electron chi connectivity index (χ3n) is 5.43. The lowest BCUT2D eigenvalue weighted by molar-refractivity contribution is -0.141. The number of benzene rings is 1. The van der Waals surface area contributed by atoms with Crippen LogP contribution in [0.1, 0.15) is 43.0 Å². The molecule has 7 heteroatoms. The van der Waals surface area contributed by atoms with Crippen molar-refractivity contribution in [3.05, 3.63) is 29.8 Å². The summed E-state index contributed by atoms with van der Waals surface area (Å²) in [6, 6.07) is 6.85. The molecule has 3 rings (SSSR count). The zero-order valence-corrected chi connectivity index (χ0v) is 16.3. The molecular formula is C21H28N2O5. The van der Waals surface area contributed by atoms with Gasteiger partial charge in [0.1, 0.15) is 0 Å². The van der Waals surface area contributed by atoms with E-state index in [0.717, 1.165) is 12.8 Å². The summed E-state index contributed by atoms with van der Waals surface area (Å²) < 4.78 is 10.4. The summed E-state index contributed by atoms with van der Waals surface area (Å²) >= 11 is 0. The number of amides is 2. The Morgan fingerprint density at radius 2 is 1.75 bits per heavy atom. The molecule has 0 atom stereocenters. The lowest BCUT2D eigenvalue weighted by Gasteiger charge is -2.34. The maximum atomic E-state index is 12.7. The van der Waals surface area contributed by atoms with Crippen LogP contribution in [0, 0.1) is 11.8 Å². The predicted molar refractivity (Wildman–Crippen MR) is 104 cm³/mol. The topological polar surface area (TPSA) is 84.9 Å². The van der Waals surface area contributed by atoms with E-state index in [0.29, 0.717) is 50.4 Å². The van der Waals surface area contributed by atoms with Crippen LogP contribution in [0.15, 0.2) is 24.3 Å². The zero-order valence-electron chi connectivity index (χ0n) is 16.3. The van der Waals surface area contributed by atoms with Crippen molar-refractivity contribution < 1.29 is 23.9 Å². The van der Waals surface area contributed by atoms with E-state index < -0.39 is 5.97 Å². The first-order chi connectivity index (χ1) is 13.6. The highest BCUT2D eigenvalue weighted by molar-refractivity contribution is 6.01. The van der Waals surface area contributed by atoms with Crippen molar-refractivity contribution in [3.63, 3.8) is 0 Å². The van der Waals surface area contributed by atoms with Crippen molar-refractivity contribution in [2.24, 2.45) is 11.8 Å². The number of carbonyl (C=O) groups excluding carboxylic acids is 3. The number of carbonyl (C=O) groups is 3. The van der Waals surface area contributed by atoms with Gasteiger partial charge in [0.15, 0.2) is 0 Å². The van der Waals surface area contributed by atoms with Crippen LogP contribution < -0.4 is 5.32 Å². The fraction of sp³-hybridized carbons (Fsp3) is 0.571. The molecule has 2 aliphatic heterocycles. The summed E-state index contributed by atoms with van der Waals surface area (Å²) in [4.78, 5) is 39.3. The van der Waals surface area contributed by atoms with Gasteiger partial charge in [-0.15, -0.1) is 0 Å². The maximum absolute atomic E-state index is 12.7.